The Kier molecular flexibility index (Phi) is 8.21. The number of benzene rings is 1. The molecular weight excluding hydrogens is 442 g/mol. The Hall–Kier alpha value is -1.94. The molecule has 1 N–H and O–H groups in total. The standard InChI is InChI=1S/C24H37N3O5S/c1-17-13-27(18(2)16-28)33(30,31)23-11-10-20(19-8-6-7-9-19)12-21(23)32-22(17)14-26(5)24(29)15-25(3)4/h8,10-12,17-18,22,28H,6-7,9,13-16H2,1-5H3/t17-,18-,22-/m0/s1. The number of carbonyl (C=O) groups excluding carboxylic acids is 1. The Morgan fingerprint density at radius 1 is 1.30 bits per heavy atom. The zero-order valence-corrected chi connectivity index (χ0v) is 21.1. The second kappa shape index (κ2) is 10.5. The van der Waals surface area contributed by atoms with Crippen molar-refractivity contribution in [3.63, 3.8) is 0 Å². The molecule has 1 aliphatic heterocycles. The normalized spacial score (nSPS) is 23.8. The molecule has 0 saturated heterocycles. The van der Waals surface area contributed by atoms with Gasteiger partial charge in [0, 0.05) is 25.6 Å². The van der Waals surface area contributed by atoms with E-state index in [1.807, 2.05) is 38.1 Å². The van der Waals surface area contributed by atoms with E-state index < -0.39 is 22.2 Å². The molecule has 0 fully saturated rings. The Morgan fingerprint density at radius 3 is 2.64 bits per heavy atom. The smallest absolute Gasteiger partial charge is 0.247 e. The number of nitrogens with zero attached hydrogens (tertiary/aromatic N) is 3. The molecule has 0 aromatic heterocycles. The van der Waals surface area contributed by atoms with Gasteiger partial charge >= 0.3 is 0 Å². The highest BCUT2D eigenvalue weighted by Gasteiger charge is 2.38. The topological polar surface area (TPSA) is 90.4 Å². The number of fused-ring (bicyclic) bond motifs is 1. The van der Waals surface area contributed by atoms with Crippen LogP contribution in [0.5, 0.6) is 5.75 Å². The third kappa shape index (κ3) is 5.77. The molecule has 3 atom stereocenters. The summed E-state index contributed by atoms with van der Waals surface area (Å²) in [6.45, 7) is 4.16. The number of hydrogen-bond acceptors (Lipinski definition) is 6. The number of allylic oxidation sites excluding steroid dienone is 2. The second-order valence-corrected chi connectivity index (χ2v) is 11.4. The summed E-state index contributed by atoms with van der Waals surface area (Å²) >= 11 is 0. The number of amides is 1. The number of rotatable bonds is 7. The zero-order chi connectivity index (χ0) is 24.3. The van der Waals surface area contributed by atoms with E-state index in [-0.39, 0.29) is 36.4 Å². The molecule has 1 aromatic carbocycles. The van der Waals surface area contributed by atoms with Crippen molar-refractivity contribution >= 4 is 21.5 Å². The molecular formula is C24H37N3O5S. The van der Waals surface area contributed by atoms with Gasteiger partial charge < -0.3 is 19.6 Å². The zero-order valence-electron chi connectivity index (χ0n) is 20.3. The number of hydrogen-bond donors (Lipinski definition) is 1. The van der Waals surface area contributed by atoms with E-state index in [1.165, 1.54) is 9.88 Å². The summed E-state index contributed by atoms with van der Waals surface area (Å²) in [6, 6.07) is 4.70. The maximum Gasteiger partial charge on any atom is 0.247 e. The van der Waals surface area contributed by atoms with Gasteiger partial charge in [-0.1, -0.05) is 19.1 Å². The van der Waals surface area contributed by atoms with Gasteiger partial charge in [0.2, 0.25) is 15.9 Å². The van der Waals surface area contributed by atoms with Crippen molar-refractivity contribution in [2.24, 2.45) is 5.92 Å². The lowest BCUT2D eigenvalue weighted by atomic mass is 10.0. The van der Waals surface area contributed by atoms with Crippen molar-refractivity contribution < 1.29 is 23.1 Å². The monoisotopic (exact) mass is 479 g/mol. The third-order valence-corrected chi connectivity index (χ3v) is 8.43. The number of aliphatic hydroxyl groups excluding tert-OH is 1. The van der Waals surface area contributed by atoms with Crippen molar-refractivity contribution in [2.45, 2.75) is 50.2 Å². The lowest BCUT2D eigenvalue weighted by molar-refractivity contribution is -0.132. The van der Waals surface area contributed by atoms with Crippen LogP contribution in [0.3, 0.4) is 0 Å². The molecule has 1 aromatic rings. The highest BCUT2D eigenvalue weighted by Crippen LogP contribution is 2.37. The lowest BCUT2D eigenvalue weighted by Crippen LogP contribution is -2.50. The van der Waals surface area contributed by atoms with Crippen LogP contribution in [0.2, 0.25) is 0 Å². The fourth-order valence-corrected chi connectivity index (χ4v) is 6.17. The van der Waals surface area contributed by atoms with Crippen LogP contribution in [-0.4, -0.2) is 93.1 Å². The van der Waals surface area contributed by atoms with E-state index in [0.29, 0.717) is 12.3 Å². The van der Waals surface area contributed by atoms with Crippen LogP contribution in [0.15, 0.2) is 29.2 Å². The molecule has 9 heteroatoms. The summed E-state index contributed by atoms with van der Waals surface area (Å²) in [7, 11) is 1.56. The molecule has 184 valence electrons. The quantitative estimate of drug-likeness (QED) is 0.644. The van der Waals surface area contributed by atoms with E-state index in [2.05, 4.69) is 6.08 Å². The first kappa shape index (κ1) is 25.7. The van der Waals surface area contributed by atoms with E-state index in [0.717, 1.165) is 24.8 Å². The van der Waals surface area contributed by atoms with Gasteiger partial charge in [0.25, 0.3) is 0 Å². The Bertz CT molecular complexity index is 992. The van der Waals surface area contributed by atoms with Crippen LogP contribution in [0, 0.1) is 5.92 Å². The van der Waals surface area contributed by atoms with Gasteiger partial charge in [0.1, 0.15) is 16.7 Å². The van der Waals surface area contributed by atoms with Gasteiger partial charge in [-0.15, -0.1) is 0 Å². The lowest BCUT2D eigenvalue weighted by Gasteiger charge is -2.37. The first-order valence-corrected chi connectivity index (χ1v) is 13.0. The van der Waals surface area contributed by atoms with Crippen molar-refractivity contribution in [3.8, 4) is 5.75 Å². The maximum absolute atomic E-state index is 13.6. The summed E-state index contributed by atoms with van der Waals surface area (Å²) in [4.78, 5) is 16.1. The van der Waals surface area contributed by atoms with Gasteiger partial charge in [-0.2, -0.15) is 4.31 Å². The predicted molar refractivity (Wildman–Crippen MR) is 128 cm³/mol. The summed E-state index contributed by atoms with van der Waals surface area (Å²) in [6.07, 6.45) is 4.85. The van der Waals surface area contributed by atoms with Gasteiger partial charge in [-0.05, 0) is 63.6 Å². The van der Waals surface area contributed by atoms with Crippen LogP contribution in [0.1, 0.15) is 38.7 Å². The average Bonchev–Trinajstić information content (AvgIpc) is 3.29. The number of aliphatic hydroxyl groups is 1. The van der Waals surface area contributed by atoms with Crippen LogP contribution in [0.4, 0.5) is 0 Å². The third-order valence-electron chi connectivity index (χ3n) is 6.41. The molecule has 0 radical (unpaired) electrons. The SMILES string of the molecule is C[C@H]1CN([C@@H](C)CO)S(=O)(=O)c2ccc(C3=CCCC3)cc2O[C@H]1CN(C)C(=O)CN(C)C. The summed E-state index contributed by atoms with van der Waals surface area (Å²) < 4.78 is 34.9. The molecule has 3 rings (SSSR count). The Morgan fingerprint density at radius 2 is 2.03 bits per heavy atom. The van der Waals surface area contributed by atoms with E-state index in [1.54, 1.807) is 24.9 Å². The Balaban J connectivity index is 2.02. The molecule has 1 aliphatic carbocycles. The van der Waals surface area contributed by atoms with Gasteiger partial charge in [-0.3, -0.25) is 4.79 Å². The second-order valence-electron chi connectivity index (χ2n) is 9.54. The van der Waals surface area contributed by atoms with Crippen molar-refractivity contribution in [3.05, 3.63) is 29.8 Å². The minimum absolute atomic E-state index is 0.0313. The fourth-order valence-electron chi connectivity index (χ4n) is 4.34. The summed E-state index contributed by atoms with van der Waals surface area (Å²) in [5.74, 6) is 0.0717. The van der Waals surface area contributed by atoms with Crippen LogP contribution >= 0.6 is 0 Å². The Labute approximate surface area is 197 Å². The molecule has 1 amide bonds. The molecule has 0 saturated carbocycles. The van der Waals surface area contributed by atoms with Gasteiger partial charge in [0.15, 0.2) is 0 Å². The van der Waals surface area contributed by atoms with Crippen molar-refractivity contribution in [1.82, 2.24) is 14.1 Å². The largest absolute Gasteiger partial charge is 0.487 e. The van der Waals surface area contributed by atoms with Crippen molar-refractivity contribution in [2.75, 3.05) is 47.4 Å². The number of sulfonamides is 1. The van der Waals surface area contributed by atoms with Crippen LogP contribution in [-0.2, 0) is 14.8 Å². The predicted octanol–water partition coefficient (Wildman–Crippen LogP) is 2.04. The average molecular weight is 480 g/mol. The molecule has 33 heavy (non-hydrogen) atoms. The molecule has 8 nitrogen and oxygen atoms in total. The number of likely N-dealkylation sites (N-methyl/N-ethyl adjacent to an activating group) is 2. The maximum atomic E-state index is 13.6. The molecule has 0 bridgehead atoms. The number of ether oxygens (including phenoxy) is 1. The van der Waals surface area contributed by atoms with E-state index in [9.17, 15) is 18.3 Å². The van der Waals surface area contributed by atoms with Crippen molar-refractivity contribution in [1.29, 1.82) is 0 Å². The molecule has 2 aliphatic rings. The first-order valence-electron chi connectivity index (χ1n) is 11.6. The van der Waals surface area contributed by atoms with Gasteiger partial charge in [0.05, 0.1) is 19.7 Å². The molecule has 0 unspecified atom stereocenters. The van der Waals surface area contributed by atoms with E-state index >= 15 is 0 Å². The minimum atomic E-state index is -3.87. The fraction of sp³-hybridized carbons (Fsp3) is 0.625. The molecule has 1 heterocycles. The summed E-state index contributed by atoms with van der Waals surface area (Å²) in [5, 5.41) is 9.77. The summed E-state index contributed by atoms with van der Waals surface area (Å²) in [5.41, 5.74) is 2.16. The van der Waals surface area contributed by atoms with Crippen LogP contribution in [0.25, 0.3) is 5.57 Å². The van der Waals surface area contributed by atoms with E-state index in [4.69, 9.17) is 4.74 Å². The number of carbonyl (C=O) groups is 1. The minimum Gasteiger partial charge on any atom is -0.487 e. The van der Waals surface area contributed by atoms with Crippen LogP contribution < -0.4 is 4.74 Å². The highest BCUT2D eigenvalue weighted by molar-refractivity contribution is 7.89. The first-order chi connectivity index (χ1) is 15.5. The van der Waals surface area contributed by atoms with Gasteiger partial charge in [-0.25, -0.2) is 8.42 Å². The molecule has 0 spiro atoms. The highest BCUT2D eigenvalue weighted by atomic mass is 32.2.